The summed E-state index contributed by atoms with van der Waals surface area (Å²) in [5, 5.41) is 3.43. The van der Waals surface area contributed by atoms with Crippen LogP contribution in [0.25, 0.3) is 17.0 Å². The lowest BCUT2D eigenvalue weighted by atomic mass is 10.1. The quantitative estimate of drug-likeness (QED) is 0.319. The van der Waals surface area contributed by atoms with Crippen LogP contribution < -0.4 is 5.32 Å². The smallest absolute Gasteiger partial charge is 0.325 e. The van der Waals surface area contributed by atoms with Crippen molar-refractivity contribution in [1.29, 1.82) is 0 Å². The molecule has 9 heteroatoms. The van der Waals surface area contributed by atoms with E-state index in [2.05, 4.69) is 21.2 Å². The highest BCUT2D eigenvalue weighted by molar-refractivity contribution is 9.10. The molecule has 0 aliphatic carbocycles. The zero-order chi connectivity index (χ0) is 20.4. The third kappa shape index (κ3) is 3.85. The van der Waals surface area contributed by atoms with Gasteiger partial charge in [-0.2, -0.15) is 0 Å². The van der Waals surface area contributed by atoms with Crippen LogP contribution in [0.5, 0.6) is 0 Å². The number of esters is 1. The van der Waals surface area contributed by atoms with E-state index in [0.29, 0.717) is 18.7 Å². The van der Waals surface area contributed by atoms with E-state index in [1.807, 2.05) is 18.2 Å². The summed E-state index contributed by atoms with van der Waals surface area (Å²) in [6.45, 7) is 4.20. The molecular formula is C19H18BrN3O4S. The van der Waals surface area contributed by atoms with Crippen molar-refractivity contribution in [2.24, 2.45) is 0 Å². The summed E-state index contributed by atoms with van der Waals surface area (Å²) >= 11 is 8.49. The Balaban J connectivity index is 2.09. The van der Waals surface area contributed by atoms with Crippen molar-refractivity contribution >= 4 is 68.0 Å². The van der Waals surface area contributed by atoms with Gasteiger partial charge in [0, 0.05) is 33.7 Å². The standard InChI is InChI=1S/C19H18BrN3O4S/c1-3-23-18(26)14(17(25)21-19(23)28)7-11-9-22(10-16(24)27-4-2)15-6-5-12(20)8-13(11)15/h5-9H,3-4,10H2,1-2H3,(H,21,25,28)/b14-7+. The van der Waals surface area contributed by atoms with Crippen LogP contribution in [-0.2, 0) is 25.7 Å². The minimum absolute atomic E-state index is 0.00869. The van der Waals surface area contributed by atoms with Gasteiger partial charge < -0.3 is 9.30 Å². The summed E-state index contributed by atoms with van der Waals surface area (Å²) in [5.41, 5.74) is 1.42. The highest BCUT2D eigenvalue weighted by Gasteiger charge is 2.32. The Morgan fingerprint density at radius 3 is 2.75 bits per heavy atom. The van der Waals surface area contributed by atoms with E-state index >= 15 is 0 Å². The van der Waals surface area contributed by atoms with Gasteiger partial charge in [-0.05, 0) is 50.3 Å². The van der Waals surface area contributed by atoms with Gasteiger partial charge >= 0.3 is 5.97 Å². The van der Waals surface area contributed by atoms with E-state index in [0.717, 1.165) is 15.4 Å². The minimum Gasteiger partial charge on any atom is -0.465 e. The summed E-state index contributed by atoms with van der Waals surface area (Å²) in [4.78, 5) is 38.3. The third-order valence-corrected chi connectivity index (χ3v) is 5.10. The van der Waals surface area contributed by atoms with Crippen LogP contribution in [0.4, 0.5) is 0 Å². The first-order valence-corrected chi connectivity index (χ1v) is 9.88. The number of carbonyl (C=O) groups excluding carboxylic acids is 3. The summed E-state index contributed by atoms with van der Waals surface area (Å²) in [6.07, 6.45) is 3.25. The summed E-state index contributed by atoms with van der Waals surface area (Å²) in [7, 11) is 0. The molecule has 3 rings (SSSR count). The fourth-order valence-electron chi connectivity index (χ4n) is 3.03. The van der Waals surface area contributed by atoms with Crippen LogP contribution in [0.1, 0.15) is 19.4 Å². The number of likely N-dealkylation sites (N-methyl/N-ethyl adjacent to an activating group) is 1. The fraction of sp³-hybridized carbons (Fsp3) is 0.263. The molecule has 1 saturated heterocycles. The molecule has 2 aromatic rings. The second-order valence-electron chi connectivity index (χ2n) is 6.05. The largest absolute Gasteiger partial charge is 0.465 e. The molecule has 1 aliphatic heterocycles. The SMILES string of the molecule is CCOC(=O)Cn1cc(/C=C2\C(=O)NC(=S)N(CC)C2=O)c2cc(Br)ccc21. The van der Waals surface area contributed by atoms with E-state index in [-0.39, 0.29) is 23.2 Å². The maximum absolute atomic E-state index is 12.7. The molecule has 1 fully saturated rings. The molecule has 0 spiro atoms. The number of nitrogens with one attached hydrogen (secondary N) is 1. The van der Waals surface area contributed by atoms with E-state index in [4.69, 9.17) is 17.0 Å². The topological polar surface area (TPSA) is 80.6 Å². The number of aromatic nitrogens is 1. The molecule has 0 bridgehead atoms. The number of hydrogen-bond acceptors (Lipinski definition) is 5. The third-order valence-electron chi connectivity index (χ3n) is 4.28. The van der Waals surface area contributed by atoms with Gasteiger partial charge in [0.1, 0.15) is 12.1 Å². The molecule has 146 valence electrons. The first-order valence-electron chi connectivity index (χ1n) is 8.68. The molecule has 7 nitrogen and oxygen atoms in total. The Labute approximate surface area is 175 Å². The van der Waals surface area contributed by atoms with Crippen molar-refractivity contribution in [1.82, 2.24) is 14.8 Å². The van der Waals surface area contributed by atoms with Crippen molar-refractivity contribution in [3.63, 3.8) is 0 Å². The Bertz CT molecular complexity index is 1030. The van der Waals surface area contributed by atoms with Gasteiger partial charge in [-0.3, -0.25) is 24.6 Å². The Kier molecular flexibility index (Phi) is 5.95. The molecule has 0 unspecified atom stereocenters. The van der Waals surface area contributed by atoms with Gasteiger partial charge in [-0.1, -0.05) is 15.9 Å². The number of halogens is 1. The zero-order valence-electron chi connectivity index (χ0n) is 15.3. The van der Waals surface area contributed by atoms with Gasteiger partial charge in [0.2, 0.25) is 0 Å². The Morgan fingerprint density at radius 2 is 2.07 bits per heavy atom. The first-order chi connectivity index (χ1) is 13.3. The van der Waals surface area contributed by atoms with E-state index in [1.165, 1.54) is 11.0 Å². The van der Waals surface area contributed by atoms with Gasteiger partial charge in [0.25, 0.3) is 11.8 Å². The first kappa shape index (κ1) is 20.2. The van der Waals surface area contributed by atoms with Crippen molar-refractivity contribution in [3.05, 3.63) is 40.0 Å². The number of benzene rings is 1. The lowest BCUT2D eigenvalue weighted by Gasteiger charge is -2.27. The van der Waals surface area contributed by atoms with Crippen LogP contribution in [0.15, 0.2) is 34.4 Å². The number of nitrogens with zero attached hydrogens (tertiary/aromatic N) is 2. The van der Waals surface area contributed by atoms with E-state index < -0.39 is 11.8 Å². The molecule has 0 radical (unpaired) electrons. The van der Waals surface area contributed by atoms with E-state index in [9.17, 15) is 14.4 Å². The Hall–Kier alpha value is -2.52. The molecule has 2 heterocycles. The second kappa shape index (κ2) is 8.24. The molecule has 1 aromatic carbocycles. The zero-order valence-corrected chi connectivity index (χ0v) is 17.7. The molecule has 1 aromatic heterocycles. The second-order valence-corrected chi connectivity index (χ2v) is 7.35. The lowest BCUT2D eigenvalue weighted by Crippen LogP contribution is -2.53. The van der Waals surface area contributed by atoms with Crippen LogP contribution in [0.3, 0.4) is 0 Å². The van der Waals surface area contributed by atoms with Crippen molar-refractivity contribution in [3.8, 4) is 0 Å². The molecule has 1 aliphatic rings. The average Bonchev–Trinajstić information content (AvgIpc) is 2.95. The van der Waals surface area contributed by atoms with Crippen LogP contribution in [0.2, 0.25) is 0 Å². The number of ether oxygens (including phenoxy) is 1. The van der Waals surface area contributed by atoms with Crippen LogP contribution >= 0.6 is 28.1 Å². The molecule has 28 heavy (non-hydrogen) atoms. The predicted octanol–water partition coefficient (Wildman–Crippen LogP) is 2.61. The van der Waals surface area contributed by atoms with Gasteiger partial charge in [-0.25, -0.2) is 0 Å². The van der Waals surface area contributed by atoms with Crippen LogP contribution in [0, 0.1) is 0 Å². The predicted molar refractivity (Wildman–Crippen MR) is 112 cm³/mol. The Morgan fingerprint density at radius 1 is 1.32 bits per heavy atom. The monoisotopic (exact) mass is 463 g/mol. The highest BCUT2D eigenvalue weighted by atomic mass is 79.9. The van der Waals surface area contributed by atoms with Crippen molar-refractivity contribution in [2.45, 2.75) is 20.4 Å². The summed E-state index contributed by atoms with van der Waals surface area (Å²) < 4.78 is 7.60. The van der Waals surface area contributed by atoms with Crippen molar-refractivity contribution in [2.75, 3.05) is 13.2 Å². The van der Waals surface area contributed by atoms with E-state index in [1.54, 1.807) is 24.6 Å². The number of rotatable bonds is 5. The number of carbonyl (C=O) groups is 3. The molecule has 0 saturated carbocycles. The van der Waals surface area contributed by atoms with Crippen molar-refractivity contribution < 1.29 is 19.1 Å². The minimum atomic E-state index is -0.541. The number of hydrogen-bond donors (Lipinski definition) is 1. The molecule has 2 amide bonds. The molecule has 0 atom stereocenters. The molecule has 1 N–H and O–H groups in total. The summed E-state index contributed by atoms with van der Waals surface area (Å²) in [5.74, 6) is -1.35. The van der Waals surface area contributed by atoms with Gasteiger partial charge in [-0.15, -0.1) is 0 Å². The number of thiocarbonyl (C=S) groups is 1. The van der Waals surface area contributed by atoms with Gasteiger partial charge in [0.05, 0.1) is 6.61 Å². The van der Waals surface area contributed by atoms with Crippen LogP contribution in [-0.4, -0.2) is 45.5 Å². The maximum Gasteiger partial charge on any atom is 0.325 e. The number of fused-ring (bicyclic) bond motifs is 1. The number of amides is 2. The normalized spacial score (nSPS) is 16.0. The average molecular weight is 464 g/mol. The molecular weight excluding hydrogens is 446 g/mol. The fourth-order valence-corrected chi connectivity index (χ4v) is 3.69. The lowest BCUT2D eigenvalue weighted by molar-refractivity contribution is -0.143. The summed E-state index contributed by atoms with van der Waals surface area (Å²) in [6, 6.07) is 5.59. The maximum atomic E-state index is 12.7. The van der Waals surface area contributed by atoms with Gasteiger partial charge in [0.15, 0.2) is 5.11 Å². The highest BCUT2D eigenvalue weighted by Crippen LogP contribution is 2.28.